The fourth-order valence-corrected chi connectivity index (χ4v) is 4.24. The van der Waals surface area contributed by atoms with Crippen LogP contribution in [0.5, 0.6) is 0 Å². The van der Waals surface area contributed by atoms with E-state index in [4.69, 9.17) is 15.0 Å². The van der Waals surface area contributed by atoms with Crippen LogP contribution in [0.1, 0.15) is 112 Å². The summed E-state index contributed by atoms with van der Waals surface area (Å²) in [6.07, 6.45) is 21.6. The second kappa shape index (κ2) is 17.5. The quantitative estimate of drug-likeness (QED) is 0.207. The molecule has 5 nitrogen and oxygen atoms in total. The summed E-state index contributed by atoms with van der Waals surface area (Å²) in [5, 5.41) is 3.54. The molecule has 0 saturated carbocycles. The summed E-state index contributed by atoms with van der Waals surface area (Å²) in [5.74, 6) is 2.55. The first-order valence-electron chi connectivity index (χ1n) is 14.9. The van der Waals surface area contributed by atoms with E-state index in [0.717, 1.165) is 80.1 Å². The number of hydrogen-bond donors (Lipinski definition) is 2. The van der Waals surface area contributed by atoms with Crippen LogP contribution in [0.3, 0.4) is 0 Å². The van der Waals surface area contributed by atoms with E-state index in [1.807, 2.05) is 0 Å². The zero-order chi connectivity index (χ0) is 29.5. The summed E-state index contributed by atoms with van der Waals surface area (Å²) in [4.78, 5) is 18.1. The van der Waals surface area contributed by atoms with Gasteiger partial charge in [-0.15, -0.1) is 0 Å². The van der Waals surface area contributed by atoms with E-state index in [-0.39, 0.29) is 0 Å². The van der Waals surface area contributed by atoms with Gasteiger partial charge in [0, 0.05) is 19.4 Å². The third kappa shape index (κ3) is 13.2. The molecule has 0 unspecified atom stereocenters. The monoisotopic (exact) mass is 543 g/mol. The SMILES string of the molecule is CC(C)=CCC/C(C)=C/CNc1nc(C/C=C(\C)CCC=C(C)C)nc2nc(C/C=C(\C)CCC=C(C)C)[nH]c12. The van der Waals surface area contributed by atoms with Crippen LogP contribution in [-0.4, -0.2) is 26.5 Å². The highest BCUT2D eigenvalue weighted by atomic mass is 15.1. The zero-order valence-corrected chi connectivity index (χ0v) is 26.7. The molecule has 2 N–H and O–H groups in total. The lowest BCUT2D eigenvalue weighted by Gasteiger charge is -2.07. The predicted octanol–water partition coefficient (Wildman–Crippen LogP) is 9.93. The van der Waals surface area contributed by atoms with Gasteiger partial charge in [0.1, 0.15) is 17.2 Å². The van der Waals surface area contributed by atoms with Crippen LogP contribution in [-0.2, 0) is 12.8 Å². The van der Waals surface area contributed by atoms with Gasteiger partial charge < -0.3 is 10.3 Å². The van der Waals surface area contributed by atoms with Gasteiger partial charge in [-0.2, -0.15) is 0 Å². The van der Waals surface area contributed by atoms with Crippen LogP contribution in [0.25, 0.3) is 11.2 Å². The summed E-state index contributed by atoms with van der Waals surface area (Å²) in [6.45, 7) is 20.2. The average Bonchev–Trinajstić information content (AvgIpc) is 3.29. The van der Waals surface area contributed by atoms with Crippen LogP contribution < -0.4 is 5.32 Å². The van der Waals surface area contributed by atoms with E-state index >= 15 is 0 Å². The summed E-state index contributed by atoms with van der Waals surface area (Å²) < 4.78 is 0. The first-order chi connectivity index (χ1) is 19.0. The molecule has 0 bridgehead atoms. The van der Waals surface area contributed by atoms with Crippen molar-refractivity contribution in [1.82, 2.24) is 19.9 Å². The second-order valence-electron chi connectivity index (χ2n) is 11.8. The average molecular weight is 544 g/mol. The highest BCUT2D eigenvalue weighted by Crippen LogP contribution is 2.20. The molecule has 0 atom stereocenters. The number of aromatic amines is 1. The van der Waals surface area contributed by atoms with Crippen molar-refractivity contribution in [3.63, 3.8) is 0 Å². The highest BCUT2D eigenvalue weighted by molar-refractivity contribution is 5.83. The van der Waals surface area contributed by atoms with Gasteiger partial charge in [0.05, 0.1) is 0 Å². The Balaban J connectivity index is 2.23. The number of imidazole rings is 1. The zero-order valence-electron chi connectivity index (χ0n) is 26.7. The Morgan fingerprint density at radius 3 is 1.62 bits per heavy atom. The first kappa shape index (κ1) is 33.0. The Labute approximate surface area is 243 Å². The second-order valence-corrected chi connectivity index (χ2v) is 11.8. The standard InChI is InChI=1S/C35H53N5/c1-25(2)13-10-16-28(7)19-21-31-37-33-34(36-24-23-30(9)18-12-15-27(5)6)38-32(40-35(33)39-31)22-20-29(8)17-11-14-26(3)4/h13-15,19-20,23H,10-12,16-18,21-22,24H2,1-9H3,(H2,36,37,38,39,40)/b28-19+,29-20+,30-23+. The van der Waals surface area contributed by atoms with E-state index in [9.17, 15) is 0 Å². The van der Waals surface area contributed by atoms with Crippen molar-refractivity contribution in [3.05, 3.63) is 81.5 Å². The molecule has 0 radical (unpaired) electrons. The van der Waals surface area contributed by atoms with Crippen molar-refractivity contribution in [2.24, 2.45) is 0 Å². The van der Waals surface area contributed by atoms with Gasteiger partial charge in [0.15, 0.2) is 11.5 Å². The van der Waals surface area contributed by atoms with Crippen molar-refractivity contribution < 1.29 is 0 Å². The Kier molecular flexibility index (Phi) is 14.4. The fraction of sp³-hybridized carbons (Fsp3) is 0.514. The van der Waals surface area contributed by atoms with Crippen LogP contribution in [0.15, 0.2) is 69.9 Å². The number of H-pyrrole nitrogens is 1. The molecule has 0 saturated heterocycles. The molecule has 2 aromatic heterocycles. The molecule has 2 heterocycles. The maximum Gasteiger partial charge on any atom is 0.183 e. The largest absolute Gasteiger partial charge is 0.365 e. The van der Waals surface area contributed by atoms with E-state index < -0.39 is 0 Å². The minimum absolute atomic E-state index is 0.703. The van der Waals surface area contributed by atoms with Crippen LogP contribution in [0.4, 0.5) is 5.82 Å². The number of nitrogens with one attached hydrogen (secondary N) is 2. The van der Waals surface area contributed by atoms with Gasteiger partial charge in [-0.3, -0.25) is 0 Å². The number of allylic oxidation sites excluding steroid dienone is 11. The van der Waals surface area contributed by atoms with Crippen molar-refractivity contribution in [2.75, 3.05) is 11.9 Å². The minimum Gasteiger partial charge on any atom is -0.365 e. The highest BCUT2D eigenvalue weighted by Gasteiger charge is 2.12. The van der Waals surface area contributed by atoms with Gasteiger partial charge in [-0.25, -0.2) is 15.0 Å². The Bertz CT molecular complexity index is 1270. The smallest absolute Gasteiger partial charge is 0.183 e. The molecule has 0 amide bonds. The maximum absolute atomic E-state index is 4.92. The molecule has 0 aliphatic rings. The molecule has 2 aromatic rings. The number of nitrogens with zero attached hydrogens (tertiary/aromatic N) is 3. The molecule has 0 aliphatic heterocycles. The topological polar surface area (TPSA) is 66.5 Å². The molecule has 2 rings (SSSR count). The minimum atomic E-state index is 0.703. The lowest BCUT2D eigenvalue weighted by Crippen LogP contribution is -2.06. The van der Waals surface area contributed by atoms with Crippen molar-refractivity contribution >= 4 is 17.0 Å². The third-order valence-electron chi connectivity index (χ3n) is 6.72. The molecule has 0 spiro atoms. The Morgan fingerprint density at radius 1 is 0.600 bits per heavy atom. The third-order valence-corrected chi connectivity index (χ3v) is 6.72. The van der Waals surface area contributed by atoms with Gasteiger partial charge >= 0.3 is 0 Å². The molecule has 218 valence electrons. The van der Waals surface area contributed by atoms with Crippen molar-refractivity contribution in [2.45, 2.75) is 114 Å². The van der Waals surface area contributed by atoms with Crippen LogP contribution >= 0.6 is 0 Å². The van der Waals surface area contributed by atoms with Gasteiger partial charge in [-0.1, -0.05) is 69.9 Å². The van der Waals surface area contributed by atoms with Crippen LogP contribution in [0.2, 0.25) is 0 Å². The van der Waals surface area contributed by atoms with Gasteiger partial charge in [-0.05, 0) is 101 Å². The van der Waals surface area contributed by atoms with E-state index in [1.165, 1.54) is 33.4 Å². The van der Waals surface area contributed by atoms with Crippen molar-refractivity contribution in [1.29, 1.82) is 0 Å². The lowest BCUT2D eigenvalue weighted by molar-refractivity contribution is 0.936. The maximum atomic E-state index is 4.92. The number of anilines is 1. The van der Waals surface area contributed by atoms with Crippen molar-refractivity contribution in [3.8, 4) is 0 Å². The molecule has 0 fully saturated rings. The summed E-state index contributed by atoms with van der Waals surface area (Å²) in [7, 11) is 0. The molecule has 0 aromatic carbocycles. The summed E-state index contributed by atoms with van der Waals surface area (Å²) in [6, 6.07) is 0. The Morgan fingerprint density at radius 2 is 1.10 bits per heavy atom. The Hall–Kier alpha value is -3.21. The molecule has 40 heavy (non-hydrogen) atoms. The molecule has 5 heteroatoms. The fourth-order valence-electron chi connectivity index (χ4n) is 4.24. The number of fused-ring (bicyclic) bond motifs is 1. The number of hydrogen-bond acceptors (Lipinski definition) is 4. The number of aromatic nitrogens is 4. The van der Waals surface area contributed by atoms with Gasteiger partial charge in [0.2, 0.25) is 0 Å². The molecular weight excluding hydrogens is 490 g/mol. The van der Waals surface area contributed by atoms with E-state index in [2.05, 4.69) is 109 Å². The van der Waals surface area contributed by atoms with E-state index in [1.54, 1.807) is 0 Å². The van der Waals surface area contributed by atoms with E-state index in [0.29, 0.717) is 6.42 Å². The molecular formula is C35H53N5. The normalized spacial score (nSPS) is 12.5. The van der Waals surface area contributed by atoms with Crippen LogP contribution in [0, 0.1) is 0 Å². The number of rotatable bonds is 16. The first-order valence-corrected chi connectivity index (χ1v) is 14.9. The summed E-state index contributed by atoms with van der Waals surface area (Å²) in [5.41, 5.74) is 9.85. The predicted molar refractivity (Wildman–Crippen MR) is 175 cm³/mol. The summed E-state index contributed by atoms with van der Waals surface area (Å²) >= 11 is 0. The molecule has 0 aliphatic carbocycles. The van der Waals surface area contributed by atoms with Gasteiger partial charge in [0.25, 0.3) is 0 Å². The lowest BCUT2D eigenvalue weighted by atomic mass is 10.1.